The summed E-state index contributed by atoms with van der Waals surface area (Å²) < 4.78 is 0. The zero-order chi connectivity index (χ0) is 6.55. The maximum absolute atomic E-state index is 3.47. The first-order valence-electron chi connectivity index (χ1n) is 4.38. The van der Waals surface area contributed by atoms with E-state index in [2.05, 4.69) is 18.6 Å². The summed E-state index contributed by atoms with van der Waals surface area (Å²) in [4.78, 5) is 0. The molecule has 0 aromatic rings. The van der Waals surface area contributed by atoms with Crippen molar-refractivity contribution in [1.29, 1.82) is 0 Å². The molecular formula is C10H12. The van der Waals surface area contributed by atoms with Crippen LogP contribution in [0.25, 0.3) is 0 Å². The Morgan fingerprint density at radius 1 is 1.20 bits per heavy atom. The smallest absolute Gasteiger partial charge is 0.0124 e. The molecule has 0 N–H and O–H groups in total. The van der Waals surface area contributed by atoms with Crippen LogP contribution < -0.4 is 0 Å². The minimum Gasteiger partial charge on any atom is -0.0842 e. The van der Waals surface area contributed by atoms with Crippen molar-refractivity contribution in [3.8, 4) is 0 Å². The van der Waals surface area contributed by atoms with E-state index >= 15 is 0 Å². The molecule has 52 valence electrons. The molecule has 3 rings (SSSR count). The van der Waals surface area contributed by atoms with E-state index < -0.39 is 0 Å². The monoisotopic (exact) mass is 132 g/mol. The van der Waals surface area contributed by atoms with Gasteiger partial charge in [0.25, 0.3) is 0 Å². The lowest BCUT2D eigenvalue weighted by molar-refractivity contribution is 0.318. The topological polar surface area (TPSA) is 0 Å². The van der Waals surface area contributed by atoms with Crippen LogP contribution >= 0.6 is 0 Å². The van der Waals surface area contributed by atoms with Gasteiger partial charge < -0.3 is 0 Å². The van der Waals surface area contributed by atoms with Gasteiger partial charge in [0.1, 0.15) is 0 Å². The van der Waals surface area contributed by atoms with Gasteiger partial charge in [-0.2, -0.15) is 0 Å². The quantitative estimate of drug-likeness (QED) is 0.474. The maximum atomic E-state index is 3.47. The molecule has 3 aliphatic rings. The van der Waals surface area contributed by atoms with E-state index in [0.29, 0.717) is 0 Å². The van der Waals surface area contributed by atoms with Gasteiger partial charge in [0.15, 0.2) is 0 Å². The van der Waals surface area contributed by atoms with Crippen LogP contribution in [-0.4, -0.2) is 0 Å². The molecule has 0 spiro atoms. The standard InChI is InChI=1S/C10H12/c1-2-9-7-4-5-8(6-7)10(9)3-1/h1-2,7-10H,4-6H2. The van der Waals surface area contributed by atoms with Crippen molar-refractivity contribution in [3.63, 3.8) is 0 Å². The lowest BCUT2D eigenvalue weighted by atomic mass is 9.82. The summed E-state index contributed by atoms with van der Waals surface area (Å²) in [6.45, 7) is 0. The SMILES string of the molecule is [C]1C=CC2C3CCC(C3)C12. The summed E-state index contributed by atoms with van der Waals surface area (Å²) in [7, 11) is 0. The van der Waals surface area contributed by atoms with Crippen LogP contribution in [0.5, 0.6) is 0 Å². The summed E-state index contributed by atoms with van der Waals surface area (Å²) >= 11 is 0. The Morgan fingerprint density at radius 3 is 3.00 bits per heavy atom. The van der Waals surface area contributed by atoms with Crippen molar-refractivity contribution in [2.75, 3.05) is 0 Å². The molecule has 10 heavy (non-hydrogen) atoms. The fraction of sp³-hybridized carbons (Fsp3) is 0.700. The van der Waals surface area contributed by atoms with Crippen LogP contribution in [0.3, 0.4) is 0 Å². The predicted molar refractivity (Wildman–Crippen MR) is 40.2 cm³/mol. The van der Waals surface area contributed by atoms with Gasteiger partial charge in [-0.05, 0) is 42.9 Å². The fourth-order valence-corrected chi connectivity index (χ4v) is 3.14. The molecule has 2 fully saturated rings. The highest BCUT2D eigenvalue weighted by molar-refractivity contribution is 5.20. The van der Waals surface area contributed by atoms with E-state index in [0.717, 1.165) is 23.7 Å². The van der Waals surface area contributed by atoms with Gasteiger partial charge in [-0.1, -0.05) is 12.2 Å². The predicted octanol–water partition coefficient (Wildman–Crippen LogP) is 2.30. The molecule has 0 nitrogen and oxygen atoms in total. The van der Waals surface area contributed by atoms with E-state index in [1.165, 1.54) is 19.3 Å². The summed E-state index contributed by atoms with van der Waals surface area (Å²) in [5.74, 6) is 3.82. The molecule has 0 aromatic carbocycles. The highest BCUT2D eigenvalue weighted by Crippen LogP contribution is 2.55. The van der Waals surface area contributed by atoms with Crippen molar-refractivity contribution in [2.24, 2.45) is 23.7 Å². The molecule has 3 aliphatic carbocycles. The third-order valence-electron chi connectivity index (χ3n) is 3.59. The second-order valence-electron chi connectivity index (χ2n) is 3.96. The largest absolute Gasteiger partial charge is 0.0842 e. The van der Waals surface area contributed by atoms with E-state index in [1.807, 2.05) is 0 Å². The van der Waals surface area contributed by atoms with Crippen LogP contribution in [-0.2, 0) is 0 Å². The van der Waals surface area contributed by atoms with Crippen molar-refractivity contribution >= 4 is 0 Å². The number of hydrogen-bond acceptors (Lipinski definition) is 0. The minimum atomic E-state index is 0.846. The molecule has 0 aliphatic heterocycles. The lowest BCUT2D eigenvalue weighted by Gasteiger charge is -2.23. The highest BCUT2D eigenvalue weighted by Gasteiger charge is 2.47. The first-order valence-corrected chi connectivity index (χ1v) is 4.38. The van der Waals surface area contributed by atoms with Crippen LogP contribution in [0.4, 0.5) is 0 Å². The molecule has 4 unspecified atom stereocenters. The number of fused-ring (bicyclic) bond motifs is 5. The maximum Gasteiger partial charge on any atom is 0.0124 e. The summed E-state index contributed by atoms with van der Waals surface area (Å²) in [6.07, 6.45) is 12.5. The fourth-order valence-electron chi connectivity index (χ4n) is 3.14. The van der Waals surface area contributed by atoms with Gasteiger partial charge >= 0.3 is 0 Å². The van der Waals surface area contributed by atoms with Gasteiger partial charge in [-0.15, -0.1) is 0 Å². The van der Waals surface area contributed by atoms with Gasteiger partial charge in [-0.3, -0.25) is 0 Å². The Morgan fingerprint density at radius 2 is 2.10 bits per heavy atom. The Balaban J connectivity index is 1.97. The lowest BCUT2D eigenvalue weighted by Crippen LogP contribution is -2.16. The van der Waals surface area contributed by atoms with Crippen molar-refractivity contribution in [1.82, 2.24) is 0 Å². The van der Waals surface area contributed by atoms with Crippen LogP contribution in [0, 0.1) is 30.1 Å². The molecule has 0 amide bonds. The normalized spacial score (nSPS) is 56.0. The number of allylic oxidation sites excluding steroid dienone is 2. The molecule has 0 saturated heterocycles. The Labute approximate surface area is 62.3 Å². The van der Waals surface area contributed by atoms with E-state index in [1.54, 1.807) is 0 Å². The Hall–Kier alpha value is -0.260. The third kappa shape index (κ3) is 0.492. The molecule has 2 radical (unpaired) electrons. The summed E-state index contributed by atoms with van der Waals surface area (Å²) in [6, 6.07) is 0. The summed E-state index contributed by atoms with van der Waals surface area (Å²) in [5, 5.41) is 0. The zero-order valence-corrected chi connectivity index (χ0v) is 6.09. The highest BCUT2D eigenvalue weighted by atomic mass is 14.5. The van der Waals surface area contributed by atoms with Gasteiger partial charge in [0, 0.05) is 6.42 Å². The molecule has 2 saturated carbocycles. The molecular weight excluding hydrogens is 120 g/mol. The van der Waals surface area contributed by atoms with E-state index in [9.17, 15) is 0 Å². The third-order valence-corrected chi connectivity index (χ3v) is 3.59. The zero-order valence-electron chi connectivity index (χ0n) is 6.09. The van der Waals surface area contributed by atoms with Gasteiger partial charge in [0.05, 0.1) is 0 Å². The average molecular weight is 132 g/mol. The Kier molecular flexibility index (Phi) is 0.898. The van der Waals surface area contributed by atoms with Crippen molar-refractivity contribution in [3.05, 3.63) is 18.6 Å². The summed E-state index contributed by atoms with van der Waals surface area (Å²) in [5.41, 5.74) is 0. The van der Waals surface area contributed by atoms with E-state index in [-0.39, 0.29) is 0 Å². The second-order valence-corrected chi connectivity index (χ2v) is 3.96. The van der Waals surface area contributed by atoms with Crippen molar-refractivity contribution < 1.29 is 0 Å². The van der Waals surface area contributed by atoms with Gasteiger partial charge in [0.2, 0.25) is 0 Å². The second kappa shape index (κ2) is 1.66. The van der Waals surface area contributed by atoms with Gasteiger partial charge in [-0.25, -0.2) is 0 Å². The number of hydrogen-bond donors (Lipinski definition) is 0. The van der Waals surface area contributed by atoms with Crippen LogP contribution in [0.1, 0.15) is 19.3 Å². The van der Waals surface area contributed by atoms with Crippen LogP contribution in [0.2, 0.25) is 0 Å². The Bertz CT molecular complexity index is 180. The molecule has 0 aromatic heterocycles. The number of rotatable bonds is 0. The molecule has 0 heterocycles. The first kappa shape index (κ1) is 5.40. The average Bonchev–Trinajstić information content (AvgIpc) is 2.60. The molecule has 2 bridgehead atoms. The first-order chi connectivity index (χ1) is 4.95. The van der Waals surface area contributed by atoms with E-state index in [4.69, 9.17) is 0 Å². The molecule has 4 atom stereocenters. The van der Waals surface area contributed by atoms with Crippen molar-refractivity contribution in [2.45, 2.75) is 19.3 Å². The minimum absolute atomic E-state index is 0.846. The molecule has 0 heteroatoms. The van der Waals surface area contributed by atoms with Crippen LogP contribution in [0.15, 0.2) is 12.2 Å².